The molecule has 1 amide bonds. The van der Waals surface area contributed by atoms with E-state index in [-0.39, 0.29) is 36.4 Å². The molecule has 0 aliphatic heterocycles. The molecule has 0 atom stereocenters. The molecule has 154 valence electrons. The first-order valence-corrected chi connectivity index (χ1v) is 9.93. The van der Waals surface area contributed by atoms with Crippen molar-refractivity contribution in [3.05, 3.63) is 54.4 Å². The van der Waals surface area contributed by atoms with Crippen molar-refractivity contribution < 1.29 is 4.79 Å². The lowest BCUT2D eigenvalue weighted by Gasteiger charge is -2.23. The van der Waals surface area contributed by atoms with Gasteiger partial charge in [-0.15, -0.1) is 35.7 Å². The molecule has 0 fully saturated rings. The van der Waals surface area contributed by atoms with Crippen LogP contribution in [0.5, 0.6) is 0 Å². The Balaban J connectivity index is 0.00000392. The average Bonchev–Trinajstić information content (AvgIpc) is 3.06. The fourth-order valence-electron chi connectivity index (χ4n) is 2.42. The summed E-state index contributed by atoms with van der Waals surface area (Å²) in [6.45, 7) is 1.63. The topological polar surface area (TPSA) is 52.9 Å². The van der Waals surface area contributed by atoms with Gasteiger partial charge in [-0.1, -0.05) is 18.2 Å². The maximum absolute atomic E-state index is 11.9. The normalized spacial score (nSPS) is 10.9. The second-order valence-corrected chi connectivity index (χ2v) is 7.65. The second-order valence-electron chi connectivity index (χ2n) is 6.48. The molecular weight excluding hydrogens is 485 g/mol. The number of hydrogen-bond acceptors (Lipinski definition) is 3. The van der Waals surface area contributed by atoms with Crippen LogP contribution in [0.1, 0.15) is 5.69 Å². The zero-order valence-electron chi connectivity index (χ0n) is 17.0. The van der Waals surface area contributed by atoms with Crippen molar-refractivity contribution >= 4 is 47.6 Å². The van der Waals surface area contributed by atoms with Crippen LogP contribution in [0.4, 0.5) is 0 Å². The first kappa shape index (κ1) is 24.4. The molecule has 0 saturated carbocycles. The number of carbonyl (C=O) groups excluding carboxylic acids is 1. The Morgan fingerprint density at radius 3 is 2.46 bits per heavy atom. The summed E-state index contributed by atoms with van der Waals surface area (Å²) in [4.78, 5) is 21.3. The van der Waals surface area contributed by atoms with Gasteiger partial charge in [0.1, 0.15) is 6.54 Å². The van der Waals surface area contributed by atoms with Crippen molar-refractivity contribution in [3.8, 4) is 0 Å². The molecule has 0 radical (unpaired) electrons. The Hall–Kier alpha value is -1.68. The summed E-state index contributed by atoms with van der Waals surface area (Å²) in [5, 5.41) is 3.39. The maximum atomic E-state index is 11.9. The summed E-state index contributed by atoms with van der Waals surface area (Å²) in [6, 6.07) is 14.4. The zero-order chi connectivity index (χ0) is 19.6. The molecule has 0 unspecified atom stereocenters. The van der Waals surface area contributed by atoms with Gasteiger partial charge in [0, 0.05) is 57.3 Å². The van der Waals surface area contributed by atoms with Crippen molar-refractivity contribution in [2.24, 2.45) is 12.0 Å². The van der Waals surface area contributed by atoms with Gasteiger partial charge in [-0.25, -0.2) is 4.99 Å². The number of aliphatic imine (C=N–C) groups is 1. The molecule has 0 bridgehead atoms. The van der Waals surface area contributed by atoms with Gasteiger partial charge in [-0.3, -0.25) is 4.79 Å². The van der Waals surface area contributed by atoms with E-state index < -0.39 is 0 Å². The van der Waals surface area contributed by atoms with Gasteiger partial charge in [0.25, 0.3) is 0 Å². The number of carbonyl (C=O) groups is 1. The highest BCUT2D eigenvalue weighted by Crippen LogP contribution is 2.15. The second kappa shape index (κ2) is 12.7. The number of nitrogens with one attached hydrogen (secondary N) is 1. The van der Waals surface area contributed by atoms with Gasteiger partial charge >= 0.3 is 0 Å². The van der Waals surface area contributed by atoms with Crippen molar-refractivity contribution in [1.82, 2.24) is 19.7 Å². The minimum atomic E-state index is -0.0137. The number of aryl methyl sites for hydroxylation is 1. The number of halogens is 1. The Morgan fingerprint density at radius 1 is 1.14 bits per heavy atom. The standard InChI is InChI=1S/C20H29N5OS.HI/c1-23(2)19(26)15-22-20(25(4)16-17-9-8-13-24(17)3)21-12-14-27-18-10-6-5-7-11-18;/h5-11,13H,12,14-16H2,1-4H3,(H,21,22);1H. The van der Waals surface area contributed by atoms with E-state index in [2.05, 4.69) is 33.1 Å². The SMILES string of the molecule is CN(C)C(=O)CN=C(NCCSc1ccccc1)N(C)Cc1cccn1C.I. The smallest absolute Gasteiger partial charge is 0.243 e. The minimum Gasteiger partial charge on any atom is -0.355 e. The molecule has 0 aliphatic carbocycles. The highest BCUT2D eigenvalue weighted by molar-refractivity contribution is 14.0. The molecule has 0 aliphatic rings. The highest BCUT2D eigenvalue weighted by Gasteiger charge is 2.10. The minimum absolute atomic E-state index is 0. The van der Waals surface area contributed by atoms with Crippen LogP contribution in [0.2, 0.25) is 0 Å². The van der Waals surface area contributed by atoms with Crippen molar-refractivity contribution in [1.29, 1.82) is 0 Å². The third-order valence-corrected chi connectivity index (χ3v) is 5.09. The molecule has 28 heavy (non-hydrogen) atoms. The van der Waals surface area contributed by atoms with E-state index in [9.17, 15) is 4.79 Å². The number of thioether (sulfide) groups is 1. The zero-order valence-corrected chi connectivity index (χ0v) is 20.1. The first-order valence-electron chi connectivity index (χ1n) is 8.95. The number of nitrogens with zero attached hydrogens (tertiary/aromatic N) is 4. The molecular formula is C20H30IN5OS. The summed E-state index contributed by atoms with van der Waals surface area (Å²) in [5.41, 5.74) is 1.18. The Labute approximate surface area is 189 Å². The Bertz CT molecular complexity index is 748. The summed E-state index contributed by atoms with van der Waals surface area (Å²) < 4.78 is 2.09. The summed E-state index contributed by atoms with van der Waals surface area (Å²) >= 11 is 1.80. The number of rotatable bonds is 8. The predicted molar refractivity (Wildman–Crippen MR) is 128 cm³/mol. The monoisotopic (exact) mass is 515 g/mol. The van der Waals surface area contributed by atoms with Gasteiger partial charge in [0.2, 0.25) is 5.91 Å². The van der Waals surface area contributed by atoms with Crippen molar-refractivity contribution in [2.45, 2.75) is 11.4 Å². The van der Waals surface area contributed by atoms with E-state index in [0.29, 0.717) is 0 Å². The fraction of sp³-hybridized carbons (Fsp3) is 0.400. The van der Waals surface area contributed by atoms with E-state index in [0.717, 1.165) is 24.8 Å². The molecule has 1 aromatic carbocycles. The van der Waals surface area contributed by atoms with Gasteiger partial charge in [-0.05, 0) is 24.3 Å². The molecule has 0 spiro atoms. The molecule has 1 N–H and O–H groups in total. The van der Waals surface area contributed by atoms with E-state index >= 15 is 0 Å². The summed E-state index contributed by atoms with van der Waals surface area (Å²) in [7, 11) is 7.51. The summed E-state index contributed by atoms with van der Waals surface area (Å²) in [6.07, 6.45) is 2.03. The lowest BCUT2D eigenvalue weighted by atomic mass is 10.4. The number of guanidine groups is 1. The number of likely N-dealkylation sites (N-methyl/N-ethyl adjacent to an activating group) is 1. The van der Waals surface area contributed by atoms with Gasteiger partial charge in [0.05, 0.1) is 6.54 Å². The van der Waals surface area contributed by atoms with Gasteiger partial charge < -0.3 is 19.7 Å². The average molecular weight is 515 g/mol. The molecule has 2 rings (SSSR count). The number of hydrogen-bond donors (Lipinski definition) is 1. The van der Waals surface area contributed by atoms with Crippen LogP contribution in [0.25, 0.3) is 0 Å². The lowest BCUT2D eigenvalue weighted by Crippen LogP contribution is -2.40. The van der Waals surface area contributed by atoms with E-state index in [1.54, 1.807) is 30.8 Å². The molecule has 2 aromatic rings. The van der Waals surface area contributed by atoms with Crippen LogP contribution in [-0.2, 0) is 18.4 Å². The molecule has 6 nitrogen and oxygen atoms in total. The molecule has 1 aromatic heterocycles. The van der Waals surface area contributed by atoms with Gasteiger partial charge in [-0.2, -0.15) is 0 Å². The van der Waals surface area contributed by atoms with E-state index in [1.165, 1.54) is 10.6 Å². The number of aromatic nitrogens is 1. The van der Waals surface area contributed by atoms with E-state index in [1.807, 2.05) is 49.5 Å². The quantitative estimate of drug-likeness (QED) is 0.193. The van der Waals surface area contributed by atoms with Crippen LogP contribution in [0, 0.1) is 0 Å². The first-order chi connectivity index (χ1) is 13.0. The third kappa shape index (κ3) is 8.14. The Kier molecular flexibility index (Phi) is 11.1. The third-order valence-electron chi connectivity index (χ3n) is 4.07. The van der Waals surface area contributed by atoms with Gasteiger partial charge in [0.15, 0.2) is 5.96 Å². The van der Waals surface area contributed by atoms with Crippen LogP contribution in [-0.4, -0.2) is 66.2 Å². The number of benzene rings is 1. The lowest BCUT2D eigenvalue weighted by molar-refractivity contribution is -0.127. The largest absolute Gasteiger partial charge is 0.355 e. The van der Waals surface area contributed by atoms with Crippen LogP contribution >= 0.6 is 35.7 Å². The van der Waals surface area contributed by atoms with Crippen molar-refractivity contribution in [2.75, 3.05) is 40.0 Å². The van der Waals surface area contributed by atoms with Crippen LogP contribution in [0.15, 0.2) is 58.5 Å². The predicted octanol–water partition coefficient (Wildman–Crippen LogP) is 2.90. The van der Waals surface area contributed by atoms with Crippen molar-refractivity contribution in [3.63, 3.8) is 0 Å². The van der Waals surface area contributed by atoms with Crippen LogP contribution < -0.4 is 5.32 Å². The summed E-state index contributed by atoms with van der Waals surface area (Å²) in [5.74, 6) is 1.64. The highest BCUT2D eigenvalue weighted by atomic mass is 127. The Morgan fingerprint density at radius 2 is 1.86 bits per heavy atom. The maximum Gasteiger partial charge on any atom is 0.243 e. The van der Waals surface area contributed by atoms with E-state index in [4.69, 9.17) is 0 Å². The van der Waals surface area contributed by atoms with Crippen LogP contribution in [0.3, 0.4) is 0 Å². The fourth-order valence-corrected chi connectivity index (χ4v) is 3.21. The number of amides is 1. The molecule has 1 heterocycles. The molecule has 8 heteroatoms. The molecule has 0 saturated heterocycles.